The number of amides is 1. The highest BCUT2D eigenvalue weighted by Gasteiger charge is 2.41. The van der Waals surface area contributed by atoms with Gasteiger partial charge in [-0.2, -0.15) is 4.31 Å². The van der Waals surface area contributed by atoms with Gasteiger partial charge >= 0.3 is 5.97 Å². The number of carbonyl (C=O) groups excluding carboxylic acids is 1. The van der Waals surface area contributed by atoms with Crippen LogP contribution in [0.5, 0.6) is 0 Å². The molecule has 1 fully saturated rings. The maximum Gasteiger partial charge on any atom is 0.323 e. The highest BCUT2D eigenvalue weighted by atomic mass is 32.2. The van der Waals surface area contributed by atoms with Crippen molar-refractivity contribution in [3.8, 4) is 0 Å². The summed E-state index contributed by atoms with van der Waals surface area (Å²) >= 11 is 1.08. The van der Waals surface area contributed by atoms with Crippen molar-refractivity contribution < 1.29 is 23.1 Å². The highest BCUT2D eigenvalue weighted by Crippen LogP contribution is 2.29. The molecule has 0 bridgehead atoms. The largest absolute Gasteiger partial charge is 0.480 e. The average molecular weight is 453 g/mol. The van der Waals surface area contributed by atoms with E-state index in [4.69, 9.17) is 5.73 Å². The molecular weight excluding hydrogens is 428 g/mol. The molecule has 0 aliphatic carbocycles. The van der Waals surface area contributed by atoms with Gasteiger partial charge < -0.3 is 15.7 Å². The number of nitrogens with two attached hydrogens (primary N) is 1. The number of rotatable bonds is 7. The van der Waals surface area contributed by atoms with Crippen LogP contribution in [0.1, 0.15) is 34.3 Å². The molecule has 0 radical (unpaired) electrons. The Morgan fingerprint density at radius 1 is 1.27 bits per heavy atom. The summed E-state index contributed by atoms with van der Waals surface area (Å²) in [4.78, 5) is 29.8. The lowest BCUT2D eigenvalue weighted by Crippen LogP contribution is -2.58. The molecule has 3 rings (SSSR count). The number of sulfonamides is 1. The molecule has 0 unspecified atom stereocenters. The third-order valence-electron chi connectivity index (χ3n) is 4.96. The van der Waals surface area contributed by atoms with Crippen molar-refractivity contribution in [1.29, 1.82) is 0 Å². The van der Waals surface area contributed by atoms with Crippen LogP contribution in [0.2, 0.25) is 0 Å². The first-order valence-electron chi connectivity index (χ1n) is 9.51. The predicted molar refractivity (Wildman–Crippen MR) is 113 cm³/mol. The van der Waals surface area contributed by atoms with Gasteiger partial charge in [0.05, 0.1) is 10.6 Å². The van der Waals surface area contributed by atoms with Crippen LogP contribution in [-0.4, -0.2) is 60.4 Å². The minimum Gasteiger partial charge on any atom is -0.480 e. The molecule has 1 aromatic heterocycles. The van der Waals surface area contributed by atoms with Crippen LogP contribution in [0, 0.1) is 6.92 Å². The fourth-order valence-electron chi connectivity index (χ4n) is 3.43. The zero-order chi connectivity index (χ0) is 22.1. The van der Waals surface area contributed by atoms with Gasteiger partial charge in [-0.15, -0.1) is 0 Å². The molecule has 0 spiro atoms. The van der Waals surface area contributed by atoms with Crippen LogP contribution >= 0.6 is 11.3 Å². The molecule has 1 aliphatic heterocycles. The Kier molecular flexibility index (Phi) is 6.44. The summed E-state index contributed by atoms with van der Waals surface area (Å²) < 4.78 is 27.3. The first-order valence-corrected chi connectivity index (χ1v) is 11.8. The number of hydrogen-bond donors (Lipinski definition) is 2. The number of aryl methyl sites for hydroxylation is 2. The van der Waals surface area contributed by atoms with E-state index in [1.165, 1.54) is 12.1 Å². The van der Waals surface area contributed by atoms with Gasteiger partial charge in [0.2, 0.25) is 10.0 Å². The number of aromatic nitrogens is 1. The third kappa shape index (κ3) is 4.32. The summed E-state index contributed by atoms with van der Waals surface area (Å²) in [6.07, 6.45) is 1.79. The minimum absolute atomic E-state index is 0.0133. The lowest BCUT2D eigenvalue weighted by Gasteiger charge is -2.38. The molecule has 3 N–H and O–H groups in total. The fraction of sp³-hybridized carbons (Fsp3) is 0.421. The number of hydrogen-bond acceptors (Lipinski definition) is 7. The number of carbonyl (C=O) groups is 2. The van der Waals surface area contributed by atoms with E-state index < -0.39 is 27.9 Å². The molecule has 1 atom stereocenters. The quantitative estimate of drug-likeness (QED) is 0.649. The minimum atomic E-state index is -3.98. The van der Waals surface area contributed by atoms with Gasteiger partial charge in [-0.05, 0) is 31.0 Å². The lowest BCUT2D eigenvalue weighted by atomic mass is 10.1. The maximum absolute atomic E-state index is 13.1. The van der Waals surface area contributed by atoms with Crippen LogP contribution in [0.15, 0.2) is 29.2 Å². The summed E-state index contributed by atoms with van der Waals surface area (Å²) in [5, 5.41) is 10.2. The van der Waals surface area contributed by atoms with Crippen LogP contribution in [-0.2, 0) is 21.2 Å². The summed E-state index contributed by atoms with van der Waals surface area (Å²) in [5.41, 5.74) is 6.83. The Morgan fingerprint density at radius 2 is 1.93 bits per heavy atom. The molecule has 11 heteroatoms. The van der Waals surface area contributed by atoms with Crippen molar-refractivity contribution in [3.05, 3.63) is 40.4 Å². The molecule has 30 heavy (non-hydrogen) atoms. The van der Waals surface area contributed by atoms with Crippen molar-refractivity contribution in [1.82, 2.24) is 9.29 Å². The van der Waals surface area contributed by atoms with E-state index in [0.29, 0.717) is 15.7 Å². The number of carboxylic acid groups (broad SMARTS) is 1. The standard InChI is InChI=1S/C19H24N4O5S2/c1-3-4-13-5-7-14(8-6-13)30(27,28)23-10-9-22(11-15(23)18(25)26)19-21-12(2)16(29-19)17(20)24/h5-8,15H,3-4,9-11H2,1-2H3,(H2,20,24)(H,25,26)/t15-/m1/s1. The fourth-order valence-corrected chi connectivity index (χ4v) is 5.95. The molecule has 1 amide bonds. The van der Waals surface area contributed by atoms with Gasteiger partial charge in [-0.1, -0.05) is 36.8 Å². The summed E-state index contributed by atoms with van der Waals surface area (Å²) in [6, 6.07) is 5.28. The first kappa shape index (κ1) is 22.2. The van der Waals surface area contributed by atoms with E-state index in [2.05, 4.69) is 4.98 Å². The Labute approximate surface area is 179 Å². The SMILES string of the molecule is CCCc1ccc(S(=O)(=O)N2CCN(c3nc(C)c(C(N)=O)s3)C[C@@H]2C(=O)O)cc1. The molecule has 1 aromatic carbocycles. The van der Waals surface area contributed by atoms with Crippen molar-refractivity contribution in [2.45, 2.75) is 37.6 Å². The van der Waals surface area contributed by atoms with Gasteiger partial charge in [0.1, 0.15) is 10.9 Å². The molecular formula is C19H24N4O5S2. The number of piperazine rings is 1. The van der Waals surface area contributed by atoms with E-state index in [0.717, 1.165) is 34.0 Å². The zero-order valence-corrected chi connectivity index (χ0v) is 18.4. The monoisotopic (exact) mass is 452 g/mol. The second-order valence-corrected chi connectivity index (χ2v) is 9.95. The van der Waals surface area contributed by atoms with Crippen molar-refractivity contribution in [3.63, 3.8) is 0 Å². The number of thiazole rings is 1. The molecule has 0 saturated carbocycles. The Hall–Kier alpha value is -2.50. The Morgan fingerprint density at radius 3 is 2.47 bits per heavy atom. The summed E-state index contributed by atoms with van der Waals surface area (Å²) in [7, 11) is -3.98. The average Bonchev–Trinajstić information content (AvgIpc) is 3.10. The van der Waals surface area contributed by atoms with E-state index in [1.54, 1.807) is 24.0 Å². The molecule has 1 aliphatic rings. The van der Waals surface area contributed by atoms with Crippen molar-refractivity contribution in [2.24, 2.45) is 5.73 Å². The van der Waals surface area contributed by atoms with Gasteiger partial charge in [-0.3, -0.25) is 9.59 Å². The highest BCUT2D eigenvalue weighted by molar-refractivity contribution is 7.89. The third-order valence-corrected chi connectivity index (χ3v) is 8.12. The molecule has 162 valence electrons. The van der Waals surface area contributed by atoms with Crippen LogP contribution < -0.4 is 10.6 Å². The molecule has 2 heterocycles. The number of benzene rings is 1. The number of primary amides is 1. The normalized spacial score (nSPS) is 17.8. The van der Waals surface area contributed by atoms with Gasteiger partial charge in [0.25, 0.3) is 5.91 Å². The number of nitrogens with zero attached hydrogens (tertiary/aromatic N) is 3. The summed E-state index contributed by atoms with van der Waals surface area (Å²) in [6.45, 7) is 3.85. The van der Waals surface area contributed by atoms with Gasteiger partial charge in [-0.25, -0.2) is 13.4 Å². The van der Waals surface area contributed by atoms with Crippen molar-refractivity contribution >= 4 is 38.4 Å². The van der Waals surface area contributed by atoms with E-state index in [-0.39, 0.29) is 24.5 Å². The number of anilines is 1. The van der Waals surface area contributed by atoms with E-state index in [1.807, 2.05) is 6.92 Å². The Bertz CT molecular complexity index is 1050. The van der Waals surface area contributed by atoms with Gasteiger partial charge in [0.15, 0.2) is 5.13 Å². The first-order chi connectivity index (χ1) is 14.1. The molecule has 1 saturated heterocycles. The zero-order valence-electron chi connectivity index (χ0n) is 16.7. The van der Waals surface area contributed by atoms with Crippen LogP contribution in [0.3, 0.4) is 0 Å². The lowest BCUT2D eigenvalue weighted by molar-refractivity contribution is -0.141. The maximum atomic E-state index is 13.1. The topological polar surface area (TPSA) is 134 Å². The van der Waals surface area contributed by atoms with Crippen molar-refractivity contribution in [2.75, 3.05) is 24.5 Å². The summed E-state index contributed by atoms with van der Waals surface area (Å²) in [5.74, 6) is -1.84. The second-order valence-electron chi connectivity index (χ2n) is 7.08. The smallest absolute Gasteiger partial charge is 0.323 e. The van der Waals surface area contributed by atoms with Crippen LogP contribution in [0.25, 0.3) is 0 Å². The molecule has 2 aromatic rings. The molecule has 9 nitrogen and oxygen atoms in total. The number of carboxylic acids is 1. The van der Waals surface area contributed by atoms with Gasteiger partial charge in [0, 0.05) is 19.6 Å². The van der Waals surface area contributed by atoms with E-state index in [9.17, 15) is 23.1 Å². The Balaban J connectivity index is 1.86. The van der Waals surface area contributed by atoms with Crippen LogP contribution in [0.4, 0.5) is 5.13 Å². The second kappa shape index (κ2) is 8.70. The van der Waals surface area contributed by atoms with E-state index >= 15 is 0 Å². The predicted octanol–water partition coefficient (Wildman–Crippen LogP) is 1.47. The number of aliphatic carboxylic acids is 1.